The van der Waals surface area contributed by atoms with Gasteiger partial charge in [-0.05, 0) is 47.6 Å². The predicted octanol–water partition coefficient (Wildman–Crippen LogP) is 3.77. The molecule has 2 aromatic rings. The molecule has 0 atom stereocenters. The Morgan fingerprint density at radius 1 is 1.22 bits per heavy atom. The number of aryl methyl sites for hydroxylation is 1. The van der Waals surface area contributed by atoms with Crippen molar-refractivity contribution >= 4 is 22.6 Å². The average Bonchev–Trinajstić information content (AvgIpc) is 2.68. The molecule has 0 fully saturated rings. The summed E-state index contributed by atoms with van der Waals surface area (Å²) in [6.07, 6.45) is 3.18. The molecule has 2 heterocycles. The summed E-state index contributed by atoms with van der Waals surface area (Å²) in [4.78, 5) is 4.50. The molecule has 0 amide bonds. The molecule has 0 saturated carbocycles. The minimum Gasteiger partial charge on any atom is -0.323 e. The number of hydrogen-bond donors (Lipinski definition) is 0. The van der Waals surface area contributed by atoms with E-state index in [1.165, 1.54) is 12.1 Å². The Bertz CT molecular complexity index is 607. The van der Waals surface area contributed by atoms with Gasteiger partial charge in [0.2, 0.25) is 0 Å². The third-order valence-electron chi connectivity index (χ3n) is 3.20. The van der Waals surface area contributed by atoms with Crippen LogP contribution in [0.2, 0.25) is 0 Å². The predicted molar refractivity (Wildman–Crippen MR) is 73.2 cm³/mol. The second-order valence-electron chi connectivity index (χ2n) is 4.40. The summed E-state index contributed by atoms with van der Waals surface area (Å²) < 4.78 is 29.8. The molecule has 0 aliphatic carbocycles. The lowest BCUT2D eigenvalue weighted by molar-refractivity contribution is 0.515. The Hall–Kier alpha value is -0.980. The topological polar surface area (TPSA) is 17.8 Å². The fourth-order valence-electron chi connectivity index (χ4n) is 2.30. The van der Waals surface area contributed by atoms with E-state index >= 15 is 0 Å². The summed E-state index contributed by atoms with van der Waals surface area (Å²) in [7, 11) is 0. The largest absolute Gasteiger partial charge is 0.323 e. The fraction of sp³-hybridized carbons (Fsp3) is 0.308. The van der Waals surface area contributed by atoms with E-state index in [2.05, 4.69) is 32.1 Å². The van der Waals surface area contributed by atoms with Crippen LogP contribution in [0.25, 0.3) is 11.3 Å². The number of fused-ring (bicyclic) bond motifs is 1. The maximum Gasteiger partial charge on any atom is 0.135 e. The molecule has 1 aliphatic heterocycles. The third kappa shape index (κ3) is 1.94. The van der Waals surface area contributed by atoms with Gasteiger partial charge in [0.1, 0.15) is 26.9 Å². The zero-order valence-corrected chi connectivity index (χ0v) is 11.7. The molecule has 0 spiro atoms. The van der Waals surface area contributed by atoms with Crippen LogP contribution in [0, 0.1) is 15.3 Å². The van der Waals surface area contributed by atoms with Crippen molar-refractivity contribution in [1.29, 1.82) is 0 Å². The van der Waals surface area contributed by atoms with Gasteiger partial charge in [-0.2, -0.15) is 0 Å². The first kappa shape index (κ1) is 12.1. The van der Waals surface area contributed by atoms with Crippen LogP contribution >= 0.6 is 22.6 Å². The lowest BCUT2D eigenvalue weighted by Gasteiger charge is -2.13. The van der Waals surface area contributed by atoms with Gasteiger partial charge in [0.15, 0.2) is 0 Å². The van der Waals surface area contributed by atoms with Crippen LogP contribution < -0.4 is 0 Å². The molecular weight excluding hydrogens is 349 g/mol. The van der Waals surface area contributed by atoms with Gasteiger partial charge in [-0.25, -0.2) is 13.8 Å². The quantitative estimate of drug-likeness (QED) is 0.708. The SMILES string of the molecule is Fc1ccc(-c2nc3n(c2I)CCCC3)c(F)c1. The first-order valence-corrected chi connectivity index (χ1v) is 6.95. The number of rotatable bonds is 1. The molecule has 0 radical (unpaired) electrons. The minimum atomic E-state index is -0.560. The number of aromatic nitrogens is 2. The van der Waals surface area contributed by atoms with Crippen molar-refractivity contribution in [3.05, 3.63) is 39.4 Å². The molecule has 0 saturated heterocycles. The summed E-state index contributed by atoms with van der Waals surface area (Å²) >= 11 is 2.19. The lowest BCUT2D eigenvalue weighted by Crippen LogP contribution is -2.11. The van der Waals surface area contributed by atoms with Gasteiger partial charge in [0.25, 0.3) is 0 Å². The summed E-state index contributed by atoms with van der Waals surface area (Å²) in [6.45, 7) is 0.934. The van der Waals surface area contributed by atoms with Crippen LogP contribution in [0.1, 0.15) is 18.7 Å². The second kappa shape index (κ2) is 4.60. The number of nitrogens with zero attached hydrogens (tertiary/aromatic N) is 2. The van der Waals surface area contributed by atoms with Crippen LogP contribution in [0.15, 0.2) is 18.2 Å². The Labute approximate surface area is 117 Å². The first-order chi connectivity index (χ1) is 8.66. The highest BCUT2D eigenvalue weighted by Gasteiger charge is 2.20. The van der Waals surface area contributed by atoms with E-state index in [-0.39, 0.29) is 0 Å². The molecular formula is C13H11F2IN2. The second-order valence-corrected chi connectivity index (χ2v) is 5.42. The van der Waals surface area contributed by atoms with Crippen LogP contribution in [0.5, 0.6) is 0 Å². The van der Waals surface area contributed by atoms with Crippen molar-refractivity contribution in [2.45, 2.75) is 25.8 Å². The van der Waals surface area contributed by atoms with Crippen molar-refractivity contribution in [3.8, 4) is 11.3 Å². The molecule has 94 valence electrons. The molecule has 1 aromatic carbocycles. The van der Waals surface area contributed by atoms with E-state index in [4.69, 9.17) is 0 Å². The molecule has 1 aromatic heterocycles. The standard InChI is InChI=1S/C13H11F2IN2/c14-8-4-5-9(10(15)7-8)12-13(16)18-6-2-1-3-11(18)17-12/h4-5,7H,1-3,6H2. The molecule has 2 nitrogen and oxygen atoms in total. The van der Waals surface area contributed by atoms with E-state index in [1.54, 1.807) is 0 Å². The highest BCUT2D eigenvalue weighted by Crippen LogP contribution is 2.30. The number of hydrogen-bond acceptors (Lipinski definition) is 1. The first-order valence-electron chi connectivity index (χ1n) is 5.87. The van der Waals surface area contributed by atoms with E-state index in [0.717, 1.165) is 41.4 Å². The van der Waals surface area contributed by atoms with Crippen molar-refractivity contribution in [1.82, 2.24) is 9.55 Å². The average molecular weight is 360 g/mol. The van der Waals surface area contributed by atoms with Gasteiger partial charge in [0.05, 0.1) is 0 Å². The van der Waals surface area contributed by atoms with E-state index < -0.39 is 11.6 Å². The zero-order valence-electron chi connectivity index (χ0n) is 9.59. The molecule has 0 unspecified atom stereocenters. The van der Waals surface area contributed by atoms with Gasteiger partial charge in [-0.3, -0.25) is 0 Å². The fourth-order valence-corrected chi connectivity index (χ4v) is 3.23. The van der Waals surface area contributed by atoms with Crippen molar-refractivity contribution in [3.63, 3.8) is 0 Å². The number of imidazole rings is 1. The van der Waals surface area contributed by atoms with Crippen LogP contribution in [0.4, 0.5) is 8.78 Å². The van der Waals surface area contributed by atoms with Crippen LogP contribution in [-0.4, -0.2) is 9.55 Å². The Morgan fingerprint density at radius 2 is 2.06 bits per heavy atom. The van der Waals surface area contributed by atoms with Gasteiger partial charge in [-0.15, -0.1) is 0 Å². The van der Waals surface area contributed by atoms with Gasteiger partial charge in [0, 0.05) is 24.6 Å². The van der Waals surface area contributed by atoms with Crippen LogP contribution in [-0.2, 0) is 13.0 Å². The Balaban J connectivity index is 2.14. The zero-order chi connectivity index (χ0) is 12.7. The maximum absolute atomic E-state index is 13.8. The van der Waals surface area contributed by atoms with Crippen molar-refractivity contribution in [2.24, 2.45) is 0 Å². The smallest absolute Gasteiger partial charge is 0.135 e. The molecule has 18 heavy (non-hydrogen) atoms. The van der Waals surface area contributed by atoms with E-state index in [1.807, 2.05) is 0 Å². The molecule has 0 N–H and O–H groups in total. The highest BCUT2D eigenvalue weighted by atomic mass is 127. The minimum absolute atomic E-state index is 0.378. The number of halogens is 3. The molecule has 3 rings (SSSR count). The Kier molecular flexibility index (Phi) is 3.09. The molecule has 0 bridgehead atoms. The summed E-state index contributed by atoms with van der Waals surface area (Å²) in [5.41, 5.74) is 1.01. The van der Waals surface area contributed by atoms with Gasteiger partial charge >= 0.3 is 0 Å². The van der Waals surface area contributed by atoms with Gasteiger partial charge < -0.3 is 4.57 Å². The van der Waals surface area contributed by atoms with E-state index in [0.29, 0.717) is 11.3 Å². The molecule has 1 aliphatic rings. The number of benzene rings is 1. The summed E-state index contributed by atoms with van der Waals surface area (Å²) in [6, 6.07) is 3.64. The highest BCUT2D eigenvalue weighted by molar-refractivity contribution is 14.1. The molecule has 5 heteroatoms. The maximum atomic E-state index is 13.8. The third-order valence-corrected chi connectivity index (χ3v) is 4.30. The summed E-state index contributed by atoms with van der Waals surface area (Å²) in [5.74, 6) is -0.108. The van der Waals surface area contributed by atoms with Crippen molar-refractivity contribution < 1.29 is 8.78 Å². The monoisotopic (exact) mass is 360 g/mol. The van der Waals surface area contributed by atoms with E-state index in [9.17, 15) is 8.78 Å². The van der Waals surface area contributed by atoms with Gasteiger partial charge in [-0.1, -0.05) is 0 Å². The Morgan fingerprint density at radius 3 is 2.78 bits per heavy atom. The lowest BCUT2D eigenvalue weighted by atomic mass is 10.1. The van der Waals surface area contributed by atoms with Crippen molar-refractivity contribution in [2.75, 3.05) is 0 Å². The van der Waals surface area contributed by atoms with Crippen LogP contribution in [0.3, 0.4) is 0 Å². The summed E-state index contributed by atoms with van der Waals surface area (Å²) in [5, 5.41) is 0. The normalized spacial score (nSPS) is 14.6.